The molecule has 1 saturated heterocycles. The van der Waals surface area contributed by atoms with Gasteiger partial charge in [-0.15, -0.1) is 0 Å². The highest BCUT2D eigenvalue weighted by Gasteiger charge is 2.48. The first-order valence-electron chi connectivity index (χ1n) is 10.2. The molecule has 10 heteroatoms. The summed E-state index contributed by atoms with van der Waals surface area (Å²) in [5, 5.41) is 23.6. The second-order valence-electron chi connectivity index (χ2n) is 8.54. The Morgan fingerprint density at radius 3 is 2.90 bits per heavy atom. The van der Waals surface area contributed by atoms with E-state index in [0.717, 1.165) is 24.2 Å². The number of anilines is 1. The van der Waals surface area contributed by atoms with Crippen molar-refractivity contribution in [2.75, 3.05) is 11.9 Å². The van der Waals surface area contributed by atoms with E-state index in [2.05, 4.69) is 20.7 Å². The maximum atomic E-state index is 12.3. The topological polar surface area (TPSA) is 134 Å². The molecule has 3 N–H and O–H groups in total. The summed E-state index contributed by atoms with van der Waals surface area (Å²) in [6.07, 6.45) is 1.86. The summed E-state index contributed by atoms with van der Waals surface area (Å²) in [5.74, 6) is 0.888. The molecule has 2 aromatic heterocycles. The fourth-order valence-corrected chi connectivity index (χ4v) is 4.05. The molecule has 1 aliphatic carbocycles. The number of carbonyl (C=O) groups is 2. The van der Waals surface area contributed by atoms with Gasteiger partial charge < -0.3 is 19.7 Å². The van der Waals surface area contributed by atoms with E-state index >= 15 is 0 Å². The lowest BCUT2D eigenvalue weighted by Crippen LogP contribution is -2.68. The number of rotatable bonds is 5. The highest BCUT2D eigenvalue weighted by atomic mass is 16.6. The predicted molar refractivity (Wildman–Crippen MR) is 106 cm³/mol. The number of ether oxygens (including phenoxy) is 1. The average molecular weight is 417 g/mol. The Labute approximate surface area is 173 Å². The first-order chi connectivity index (χ1) is 14.2. The van der Waals surface area contributed by atoms with E-state index < -0.39 is 5.60 Å². The van der Waals surface area contributed by atoms with Gasteiger partial charge in [0.15, 0.2) is 5.82 Å². The molecule has 1 saturated carbocycles. The first kappa shape index (κ1) is 20.4. The third-order valence-electron chi connectivity index (χ3n) is 6.06. The van der Waals surface area contributed by atoms with Gasteiger partial charge >= 0.3 is 6.09 Å². The molecule has 2 amide bonds. The van der Waals surface area contributed by atoms with Crippen molar-refractivity contribution in [3.8, 4) is 0 Å². The number of hydrogen-bond acceptors (Lipinski definition) is 7. The highest BCUT2D eigenvalue weighted by molar-refractivity contribution is 5.91. The number of H-pyrrole nitrogens is 1. The van der Waals surface area contributed by atoms with Gasteiger partial charge in [0.1, 0.15) is 11.9 Å². The molecule has 0 aromatic carbocycles. The van der Waals surface area contributed by atoms with Gasteiger partial charge in [-0.1, -0.05) is 5.16 Å². The Morgan fingerprint density at radius 1 is 1.43 bits per heavy atom. The molecule has 4 atom stereocenters. The van der Waals surface area contributed by atoms with E-state index in [4.69, 9.17) is 9.26 Å². The number of aliphatic hydroxyl groups is 1. The molecule has 0 bridgehead atoms. The number of aromatic amines is 1. The van der Waals surface area contributed by atoms with Crippen LogP contribution >= 0.6 is 0 Å². The van der Waals surface area contributed by atoms with Crippen molar-refractivity contribution in [3.63, 3.8) is 0 Å². The summed E-state index contributed by atoms with van der Waals surface area (Å²) < 4.78 is 10.7. The molecule has 3 heterocycles. The summed E-state index contributed by atoms with van der Waals surface area (Å²) in [7, 11) is 0. The maximum absolute atomic E-state index is 12.3. The monoisotopic (exact) mass is 417 g/mol. The number of β-amino-alcohol motifs (C(OH)–C–C–N with tert-alkyl or cyclic N) is 1. The number of nitrogens with zero attached hydrogens (tertiary/aromatic N) is 3. The Kier molecular flexibility index (Phi) is 5.27. The van der Waals surface area contributed by atoms with Crippen molar-refractivity contribution in [2.24, 2.45) is 0 Å². The molecule has 2 fully saturated rings. The normalized spacial score (nSPS) is 28.3. The maximum Gasteiger partial charge on any atom is 0.410 e. The van der Waals surface area contributed by atoms with E-state index in [0.29, 0.717) is 24.5 Å². The van der Waals surface area contributed by atoms with Crippen LogP contribution in [0.3, 0.4) is 0 Å². The lowest BCUT2D eigenvalue weighted by molar-refractivity contribution is -0.123. The van der Waals surface area contributed by atoms with Crippen molar-refractivity contribution >= 4 is 17.8 Å². The molecule has 2 aromatic rings. The minimum atomic E-state index is -0.847. The second-order valence-corrected chi connectivity index (χ2v) is 8.54. The van der Waals surface area contributed by atoms with Gasteiger partial charge in [-0.3, -0.25) is 14.8 Å². The second kappa shape index (κ2) is 7.75. The molecule has 10 nitrogen and oxygen atoms in total. The van der Waals surface area contributed by atoms with Crippen LogP contribution in [0, 0.1) is 6.92 Å². The van der Waals surface area contributed by atoms with Crippen LogP contribution in [0.15, 0.2) is 16.7 Å². The molecule has 0 unspecified atom stereocenters. The molecule has 30 heavy (non-hydrogen) atoms. The van der Waals surface area contributed by atoms with Crippen molar-refractivity contribution < 1.29 is 24.0 Å². The number of likely N-dealkylation sites (tertiary alicyclic amines) is 1. The Balaban J connectivity index is 1.26. The Bertz CT molecular complexity index is 936. The molecule has 0 spiro atoms. The zero-order valence-electron chi connectivity index (χ0n) is 17.3. The molecule has 4 rings (SSSR count). The predicted octanol–water partition coefficient (Wildman–Crippen LogP) is 2.12. The molecule has 162 valence electrons. The summed E-state index contributed by atoms with van der Waals surface area (Å²) in [6, 6.07) is 3.28. The quantitative estimate of drug-likeness (QED) is 0.678. The lowest BCUT2D eigenvalue weighted by Gasteiger charge is -2.50. The largest absolute Gasteiger partial charge is 0.446 e. The lowest BCUT2D eigenvalue weighted by atomic mass is 9.87. The SMILES string of the molecule is Cc1cc(CC(=O)Nc2cc([C@H]3CC[C@@H](OC(=O)N4C[C@@](C)(O)[C@@H]4C)C3)[nH]n2)on1. The highest BCUT2D eigenvalue weighted by Crippen LogP contribution is 2.37. The number of amides is 2. The summed E-state index contributed by atoms with van der Waals surface area (Å²) >= 11 is 0. The van der Waals surface area contributed by atoms with Crippen LogP contribution < -0.4 is 5.32 Å². The van der Waals surface area contributed by atoms with E-state index in [-0.39, 0.29) is 36.5 Å². The van der Waals surface area contributed by atoms with Crippen molar-refractivity contribution in [1.29, 1.82) is 0 Å². The van der Waals surface area contributed by atoms with Gasteiger partial charge in [0, 0.05) is 23.7 Å². The van der Waals surface area contributed by atoms with Gasteiger partial charge in [0.2, 0.25) is 5.91 Å². The Hall–Kier alpha value is -2.88. The van der Waals surface area contributed by atoms with Crippen molar-refractivity contribution in [1.82, 2.24) is 20.3 Å². The van der Waals surface area contributed by atoms with Crippen LogP contribution in [0.1, 0.15) is 56.2 Å². The fraction of sp³-hybridized carbons (Fsp3) is 0.600. The van der Waals surface area contributed by atoms with Crippen LogP contribution in [0.5, 0.6) is 0 Å². The van der Waals surface area contributed by atoms with Crippen LogP contribution in [-0.4, -0.2) is 61.7 Å². The average Bonchev–Trinajstić information content (AvgIpc) is 3.41. The standard InChI is InChI=1S/C20H27N5O5/c1-11-6-15(30-24-11)8-18(26)21-17-9-16(22-23-17)13-4-5-14(7-13)29-19(27)25-10-20(3,28)12(25)2/h6,9,12-14,28H,4-5,7-8,10H2,1-3H3,(H2,21,22,23,26)/t12-,13-,14+,20+/m0/s1. The van der Waals surface area contributed by atoms with Gasteiger partial charge in [-0.25, -0.2) is 4.79 Å². The summed E-state index contributed by atoms with van der Waals surface area (Å²) in [6.45, 7) is 5.62. The van der Waals surface area contributed by atoms with Crippen LogP contribution in [0.2, 0.25) is 0 Å². The molecular weight excluding hydrogens is 390 g/mol. The van der Waals surface area contributed by atoms with E-state index in [1.54, 1.807) is 24.8 Å². The van der Waals surface area contributed by atoms with Gasteiger partial charge in [-0.2, -0.15) is 5.10 Å². The summed E-state index contributed by atoms with van der Waals surface area (Å²) in [5.41, 5.74) is 0.783. The summed E-state index contributed by atoms with van der Waals surface area (Å²) in [4.78, 5) is 26.0. The number of aromatic nitrogens is 3. The van der Waals surface area contributed by atoms with Gasteiger partial charge in [-0.05, 0) is 40.0 Å². The van der Waals surface area contributed by atoms with E-state index in [1.165, 1.54) is 0 Å². The zero-order chi connectivity index (χ0) is 21.5. The van der Waals surface area contributed by atoms with Gasteiger partial charge in [0.05, 0.1) is 30.3 Å². The molecule has 1 aliphatic heterocycles. The third-order valence-corrected chi connectivity index (χ3v) is 6.06. The Morgan fingerprint density at radius 2 is 2.23 bits per heavy atom. The van der Waals surface area contributed by atoms with Crippen LogP contribution in [0.4, 0.5) is 10.6 Å². The van der Waals surface area contributed by atoms with E-state index in [1.807, 2.05) is 13.0 Å². The first-order valence-corrected chi connectivity index (χ1v) is 10.2. The van der Waals surface area contributed by atoms with Crippen LogP contribution in [0.25, 0.3) is 0 Å². The minimum Gasteiger partial charge on any atom is -0.446 e. The number of nitrogens with one attached hydrogen (secondary N) is 2. The number of carbonyl (C=O) groups excluding carboxylic acids is 2. The van der Waals surface area contributed by atoms with Crippen LogP contribution in [-0.2, 0) is 16.0 Å². The number of hydrogen-bond donors (Lipinski definition) is 3. The van der Waals surface area contributed by atoms with Gasteiger partial charge in [0.25, 0.3) is 0 Å². The zero-order valence-corrected chi connectivity index (χ0v) is 17.3. The van der Waals surface area contributed by atoms with Crippen molar-refractivity contribution in [3.05, 3.63) is 29.3 Å². The molecule has 2 aliphatic rings. The smallest absolute Gasteiger partial charge is 0.410 e. The fourth-order valence-electron chi connectivity index (χ4n) is 4.05. The molecule has 0 radical (unpaired) electrons. The molecular formula is C20H27N5O5. The third kappa shape index (κ3) is 4.18. The minimum absolute atomic E-state index is 0.0896. The van der Waals surface area contributed by atoms with E-state index in [9.17, 15) is 14.7 Å². The van der Waals surface area contributed by atoms with Crippen molar-refractivity contribution in [2.45, 2.75) is 70.1 Å². The number of aryl methyl sites for hydroxylation is 1.